The second-order valence-electron chi connectivity index (χ2n) is 11.2. The van der Waals surface area contributed by atoms with Crippen LogP contribution < -0.4 is 25.2 Å². The van der Waals surface area contributed by atoms with E-state index < -0.39 is 11.8 Å². The van der Waals surface area contributed by atoms with E-state index in [-0.39, 0.29) is 29.8 Å². The smallest absolute Gasteiger partial charge is 0.269 e. The molecule has 2 aromatic carbocycles. The quantitative estimate of drug-likeness (QED) is 0.199. The normalized spacial score (nSPS) is 13.1. The maximum atomic E-state index is 13.0. The molecule has 0 atom stereocenters. The number of rotatable bonds is 10. The molecule has 10 nitrogen and oxygen atoms in total. The molecule has 244 valence electrons. The van der Waals surface area contributed by atoms with Crippen molar-refractivity contribution in [3.05, 3.63) is 93.4 Å². The van der Waals surface area contributed by atoms with Crippen LogP contribution in [-0.4, -0.2) is 61.4 Å². The summed E-state index contributed by atoms with van der Waals surface area (Å²) in [6, 6.07) is 16.2. The molecule has 12 heteroatoms. The first-order valence-electron chi connectivity index (χ1n) is 15.3. The van der Waals surface area contributed by atoms with E-state index in [1.165, 1.54) is 43.4 Å². The lowest BCUT2D eigenvalue weighted by molar-refractivity contribution is -0.122. The van der Waals surface area contributed by atoms with Gasteiger partial charge in [-0.05, 0) is 68.7 Å². The maximum absolute atomic E-state index is 13.0. The fourth-order valence-electron chi connectivity index (χ4n) is 5.40. The van der Waals surface area contributed by atoms with Crippen molar-refractivity contribution in [3.8, 4) is 5.75 Å². The number of halogens is 2. The number of hydrogen-bond donors (Lipinski definition) is 2. The van der Waals surface area contributed by atoms with Gasteiger partial charge in [-0.15, -0.1) is 0 Å². The number of nitrogens with zero attached hydrogens (tertiary/aromatic N) is 4. The zero-order valence-corrected chi connectivity index (χ0v) is 28.0. The summed E-state index contributed by atoms with van der Waals surface area (Å²) in [5, 5.41) is 6.75. The summed E-state index contributed by atoms with van der Waals surface area (Å²) in [5.74, 6) is -0.631. The van der Waals surface area contributed by atoms with Crippen molar-refractivity contribution in [1.29, 1.82) is 0 Å². The molecule has 0 unspecified atom stereocenters. The molecule has 47 heavy (non-hydrogen) atoms. The zero-order valence-electron chi connectivity index (χ0n) is 26.5. The van der Waals surface area contributed by atoms with E-state index >= 15 is 0 Å². The highest BCUT2D eigenvalue weighted by Crippen LogP contribution is 2.37. The highest BCUT2D eigenvalue weighted by Gasteiger charge is 2.21. The van der Waals surface area contributed by atoms with Crippen LogP contribution in [0.1, 0.15) is 46.7 Å². The molecule has 3 amide bonds. The molecule has 1 aliphatic rings. The number of aromatic nitrogens is 2. The molecule has 2 aromatic heterocycles. The van der Waals surface area contributed by atoms with E-state index in [1.807, 2.05) is 19.1 Å². The van der Waals surface area contributed by atoms with E-state index in [0.29, 0.717) is 27.7 Å². The first-order valence-corrected chi connectivity index (χ1v) is 16.1. The molecule has 5 rings (SSSR count). The van der Waals surface area contributed by atoms with Crippen LogP contribution in [0.5, 0.6) is 5.75 Å². The highest BCUT2D eigenvalue weighted by molar-refractivity contribution is 6.38. The third kappa shape index (κ3) is 8.01. The number of fused-ring (bicyclic) bond motifs is 1. The highest BCUT2D eigenvalue weighted by atomic mass is 35.5. The Bertz CT molecular complexity index is 1840. The fourth-order valence-corrected chi connectivity index (χ4v) is 6.01. The van der Waals surface area contributed by atoms with Gasteiger partial charge in [-0.25, -0.2) is 9.97 Å². The van der Waals surface area contributed by atoms with Gasteiger partial charge in [0.2, 0.25) is 11.8 Å². The van der Waals surface area contributed by atoms with Crippen LogP contribution in [0.3, 0.4) is 0 Å². The average molecular weight is 676 g/mol. The van der Waals surface area contributed by atoms with Crippen molar-refractivity contribution in [3.63, 3.8) is 0 Å². The van der Waals surface area contributed by atoms with E-state index in [1.54, 1.807) is 37.4 Å². The van der Waals surface area contributed by atoms with Crippen molar-refractivity contribution in [2.75, 3.05) is 43.5 Å². The second-order valence-corrected chi connectivity index (χ2v) is 11.9. The monoisotopic (exact) mass is 674 g/mol. The zero-order chi connectivity index (χ0) is 33.5. The summed E-state index contributed by atoms with van der Waals surface area (Å²) >= 11 is 13.4. The average Bonchev–Trinajstić information content (AvgIpc) is 3.09. The fraction of sp³-hybridized carbons (Fsp3) is 0.286. The maximum Gasteiger partial charge on any atom is 0.269 e. The third-order valence-corrected chi connectivity index (χ3v) is 8.70. The lowest BCUT2D eigenvalue weighted by Crippen LogP contribution is -2.37. The second kappa shape index (κ2) is 15.3. The molecular formula is C35H36Cl2N6O4. The predicted molar refractivity (Wildman–Crippen MR) is 186 cm³/mol. The Morgan fingerprint density at radius 1 is 1.02 bits per heavy atom. The van der Waals surface area contributed by atoms with Crippen LogP contribution in [-0.2, 0) is 16.2 Å². The van der Waals surface area contributed by atoms with Crippen LogP contribution in [0.15, 0.2) is 60.7 Å². The number of carbonyl (C=O) groups is 3. The number of carbonyl (C=O) groups excluding carboxylic acids is 3. The molecule has 1 aliphatic heterocycles. The molecule has 0 radical (unpaired) electrons. The number of likely N-dealkylation sites (N-methyl/N-ethyl adjacent to an activating group) is 1. The van der Waals surface area contributed by atoms with Crippen LogP contribution >= 0.6 is 23.2 Å². The van der Waals surface area contributed by atoms with Gasteiger partial charge in [0.05, 0.1) is 22.9 Å². The van der Waals surface area contributed by atoms with Crippen LogP contribution in [0.2, 0.25) is 10.0 Å². The number of piperidine rings is 1. The van der Waals surface area contributed by atoms with Crippen molar-refractivity contribution in [2.45, 2.75) is 32.8 Å². The number of pyridine rings is 2. The van der Waals surface area contributed by atoms with E-state index in [4.69, 9.17) is 32.9 Å². The molecule has 3 heterocycles. The molecule has 0 spiro atoms. The number of hydrogen-bond acceptors (Lipinski definition) is 7. The minimum atomic E-state index is -0.502. The van der Waals surface area contributed by atoms with Crippen molar-refractivity contribution in [1.82, 2.24) is 20.6 Å². The van der Waals surface area contributed by atoms with Gasteiger partial charge in [0, 0.05) is 60.6 Å². The molecular weight excluding hydrogens is 639 g/mol. The Hall–Kier alpha value is -4.67. The minimum Gasteiger partial charge on any atom is -0.487 e. The van der Waals surface area contributed by atoms with Gasteiger partial charge in [0.15, 0.2) is 0 Å². The van der Waals surface area contributed by atoms with Gasteiger partial charge in [-0.1, -0.05) is 41.4 Å². The van der Waals surface area contributed by atoms with Gasteiger partial charge in [-0.3, -0.25) is 14.4 Å². The van der Waals surface area contributed by atoms with Gasteiger partial charge >= 0.3 is 0 Å². The molecule has 0 bridgehead atoms. The topological polar surface area (TPSA) is 117 Å². The summed E-state index contributed by atoms with van der Waals surface area (Å²) in [5.41, 5.74) is 4.41. The molecule has 0 saturated carbocycles. The van der Waals surface area contributed by atoms with Gasteiger partial charge in [-0.2, -0.15) is 0 Å². The molecule has 1 saturated heterocycles. The first-order chi connectivity index (χ1) is 22.7. The Morgan fingerprint density at radius 3 is 2.55 bits per heavy atom. The number of ether oxygens (including phenoxy) is 1. The van der Waals surface area contributed by atoms with Crippen LogP contribution in [0, 0.1) is 6.92 Å². The number of anilines is 2. The predicted octanol–water partition coefficient (Wildman–Crippen LogP) is 5.97. The number of nitrogens with one attached hydrogen (secondary N) is 2. The van der Waals surface area contributed by atoms with Crippen molar-refractivity contribution in [2.24, 2.45) is 0 Å². The first kappa shape index (κ1) is 33.7. The minimum absolute atomic E-state index is 0.0536. The van der Waals surface area contributed by atoms with Crippen LogP contribution in [0.4, 0.5) is 11.4 Å². The Labute approximate surface area is 283 Å². The number of amides is 3. The number of benzene rings is 2. The van der Waals surface area contributed by atoms with E-state index in [9.17, 15) is 14.4 Å². The summed E-state index contributed by atoms with van der Waals surface area (Å²) in [4.78, 5) is 50.0. The lowest BCUT2D eigenvalue weighted by Gasteiger charge is -2.30. The van der Waals surface area contributed by atoms with E-state index in [0.717, 1.165) is 35.4 Å². The summed E-state index contributed by atoms with van der Waals surface area (Å²) in [7, 11) is 3.08. The number of aryl methyl sites for hydroxylation is 1. The van der Waals surface area contributed by atoms with Crippen LogP contribution in [0.25, 0.3) is 17.0 Å². The molecule has 4 aromatic rings. The van der Waals surface area contributed by atoms with Gasteiger partial charge < -0.3 is 25.2 Å². The van der Waals surface area contributed by atoms with Gasteiger partial charge in [0.1, 0.15) is 23.6 Å². The Kier molecular flexibility index (Phi) is 11.0. The molecule has 2 N–H and O–H groups in total. The Balaban J connectivity index is 1.26. The van der Waals surface area contributed by atoms with E-state index in [2.05, 4.69) is 32.7 Å². The van der Waals surface area contributed by atoms with Crippen molar-refractivity contribution >= 4 is 69.3 Å². The number of para-hydroxylation sites is 1. The standard InChI is InChI=1S/C35H36Cl2N6O4/c1-22-19-29(43-17-5-4-6-18-43)24-10-8-12-30(34(24)40-22)47-21-25-26(36)14-15-28(33(25)37)42(3)32(45)20-39-31(44)16-13-23-9-7-11-27(41-23)35(46)38-2/h7-16,19H,4-6,17-18,20-21H2,1-3H3,(H,38,46)(H,39,44). The molecule has 1 fully saturated rings. The summed E-state index contributed by atoms with van der Waals surface area (Å²) in [6.07, 6.45) is 6.28. The Morgan fingerprint density at radius 2 is 1.79 bits per heavy atom. The van der Waals surface area contributed by atoms with Crippen molar-refractivity contribution < 1.29 is 19.1 Å². The summed E-state index contributed by atoms with van der Waals surface area (Å²) < 4.78 is 6.28. The van der Waals surface area contributed by atoms with Gasteiger partial charge in [0.25, 0.3) is 5.91 Å². The molecule has 0 aliphatic carbocycles. The lowest BCUT2D eigenvalue weighted by atomic mass is 10.1. The summed E-state index contributed by atoms with van der Waals surface area (Å²) in [6.45, 7) is 3.78. The largest absolute Gasteiger partial charge is 0.487 e. The SMILES string of the molecule is CNC(=O)c1cccc(C=CC(=O)NCC(=O)N(C)c2ccc(Cl)c(COc3cccc4c(N5CCCCC5)cc(C)nc34)c2Cl)n1. The third-order valence-electron chi connectivity index (χ3n) is 7.93.